The van der Waals surface area contributed by atoms with Crippen molar-refractivity contribution in [2.45, 2.75) is 36.5 Å². The van der Waals surface area contributed by atoms with E-state index in [-0.39, 0.29) is 31.0 Å². The van der Waals surface area contributed by atoms with Crippen molar-refractivity contribution in [3.63, 3.8) is 0 Å². The van der Waals surface area contributed by atoms with Crippen molar-refractivity contribution >= 4 is 53.3 Å². The number of halogens is 3. The Hall–Kier alpha value is -1.86. The first-order valence-corrected chi connectivity index (χ1v) is 15.1. The number of pyridine rings is 1. The van der Waals surface area contributed by atoms with Crippen LogP contribution in [-0.4, -0.2) is 63.1 Å². The van der Waals surface area contributed by atoms with Gasteiger partial charge < -0.3 is 5.32 Å². The molecule has 2 aromatic rings. The lowest BCUT2D eigenvalue weighted by Gasteiger charge is -2.35. The summed E-state index contributed by atoms with van der Waals surface area (Å²) >= 11 is 9.60. The van der Waals surface area contributed by atoms with Crippen LogP contribution in [-0.2, 0) is 24.7 Å². The summed E-state index contributed by atoms with van der Waals surface area (Å²) in [5, 5.41) is 3.49. The quantitative estimate of drug-likeness (QED) is 0.513. The molecule has 1 aromatic heterocycles. The van der Waals surface area contributed by atoms with E-state index in [4.69, 9.17) is 11.6 Å². The number of hydrogen-bond donors (Lipinski definition) is 1. The summed E-state index contributed by atoms with van der Waals surface area (Å²) in [4.78, 5) is 16.7. The second-order valence-corrected chi connectivity index (χ2v) is 13.4. The van der Waals surface area contributed by atoms with Crippen molar-refractivity contribution in [2.24, 2.45) is 0 Å². The van der Waals surface area contributed by atoms with E-state index in [0.717, 1.165) is 16.0 Å². The zero-order chi connectivity index (χ0) is 26.0. The molecule has 1 fully saturated rings. The fraction of sp³-hybridized carbons (Fsp3) is 0.364. The van der Waals surface area contributed by atoms with Gasteiger partial charge in [0, 0.05) is 70.5 Å². The Bertz CT molecular complexity index is 1360. The molecule has 0 radical (unpaired) electrons. The molecule has 35 heavy (non-hydrogen) atoms. The van der Waals surface area contributed by atoms with Crippen molar-refractivity contribution < 1.29 is 26.0 Å². The number of piperidine rings is 1. The predicted molar refractivity (Wildman–Crippen MR) is 136 cm³/mol. The minimum Gasteiger partial charge on any atom is -0.347 e. The number of nitrogens with one attached hydrogen (secondary N) is 1. The summed E-state index contributed by atoms with van der Waals surface area (Å²) in [7, 11) is -7.52. The topological polar surface area (TPSA) is 114 Å². The smallest absolute Gasteiger partial charge is 0.261 e. The van der Waals surface area contributed by atoms with Crippen molar-refractivity contribution in [1.29, 1.82) is 0 Å². The monoisotopic (exact) mass is 607 g/mol. The number of alkyl halides is 1. The Labute approximate surface area is 217 Å². The van der Waals surface area contributed by atoms with E-state index in [2.05, 4.69) is 26.2 Å². The zero-order valence-corrected chi connectivity index (χ0v) is 22.9. The lowest BCUT2D eigenvalue weighted by Crippen LogP contribution is -2.53. The van der Waals surface area contributed by atoms with Gasteiger partial charge in [-0.25, -0.2) is 26.2 Å². The highest BCUT2D eigenvalue weighted by atomic mass is 79.9. The van der Waals surface area contributed by atoms with Gasteiger partial charge in [-0.1, -0.05) is 35.9 Å². The molecule has 1 aliphatic heterocycles. The second-order valence-electron chi connectivity index (χ2n) is 8.28. The summed E-state index contributed by atoms with van der Waals surface area (Å²) in [6.07, 6.45) is 2.88. The lowest BCUT2D eigenvalue weighted by molar-refractivity contribution is -0.135. The Morgan fingerprint density at radius 2 is 1.86 bits per heavy atom. The molecule has 0 bridgehead atoms. The number of sulfone groups is 1. The highest BCUT2D eigenvalue weighted by Crippen LogP contribution is 2.36. The van der Waals surface area contributed by atoms with Gasteiger partial charge in [0.2, 0.25) is 0 Å². The maximum Gasteiger partial charge on any atom is 0.261 e. The van der Waals surface area contributed by atoms with E-state index >= 15 is 4.39 Å². The SMILES string of the molecule is C[C@H](/C=C\S(C)(=O)=O)NC(=O)C1(F)CCN(S(=O)(=O)c2ncc(Br)cc2-c2ccccc2Cl)CC1. The maximum atomic E-state index is 15.4. The first-order chi connectivity index (χ1) is 16.2. The Morgan fingerprint density at radius 3 is 2.46 bits per heavy atom. The molecule has 0 unspecified atom stereocenters. The van der Waals surface area contributed by atoms with Crippen molar-refractivity contribution in [1.82, 2.24) is 14.6 Å². The molecule has 1 aromatic carbocycles. The molecule has 3 rings (SSSR count). The standard InChI is InChI=1S/C22H24BrClFN3O5S2/c1-15(7-12-34(2,30)31)27-21(29)22(25)8-10-28(11-9-22)35(32,33)20-18(13-16(23)14-26-20)17-5-3-4-6-19(17)24/h3-7,12-15H,8-11H2,1-2H3,(H,27,29)/b12-7-/t15-/m1/s1. The van der Waals surface area contributed by atoms with Crippen molar-refractivity contribution in [3.05, 3.63) is 57.5 Å². The fourth-order valence-electron chi connectivity index (χ4n) is 3.58. The number of amides is 1. The van der Waals surface area contributed by atoms with Crippen molar-refractivity contribution in [2.75, 3.05) is 19.3 Å². The largest absolute Gasteiger partial charge is 0.347 e. The zero-order valence-electron chi connectivity index (χ0n) is 18.9. The van der Waals surface area contributed by atoms with Crippen LogP contribution in [0.1, 0.15) is 19.8 Å². The van der Waals surface area contributed by atoms with Gasteiger partial charge in [0.25, 0.3) is 15.9 Å². The molecule has 13 heteroatoms. The van der Waals surface area contributed by atoms with Crippen LogP contribution in [0.4, 0.5) is 4.39 Å². The molecule has 2 heterocycles. The van der Waals surface area contributed by atoms with Crippen LogP contribution in [0.2, 0.25) is 5.02 Å². The third-order valence-corrected chi connectivity index (χ3v) is 8.73. The molecule has 1 N–H and O–H groups in total. The number of carbonyl (C=O) groups is 1. The molecule has 1 atom stereocenters. The molecule has 0 saturated carbocycles. The maximum absolute atomic E-state index is 15.4. The van der Waals surface area contributed by atoms with Crippen LogP contribution in [0.25, 0.3) is 11.1 Å². The number of sulfonamides is 1. The minimum absolute atomic E-state index is 0.218. The first kappa shape index (κ1) is 27.7. The van der Waals surface area contributed by atoms with E-state index in [1.54, 1.807) is 30.3 Å². The molecule has 8 nitrogen and oxygen atoms in total. The average molecular weight is 609 g/mol. The number of carbonyl (C=O) groups excluding carboxylic acids is 1. The summed E-state index contributed by atoms with van der Waals surface area (Å²) < 4.78 is 66.4. The third-order valence-electron chi connectivity index (χ3n) is 5.46. The highest BCUT2D eigenvalue weighted by molar-refractivity contribution is 9.10. The Morgan fingerprint density at radius 1 is 1.23 bits per heavy atom. The van der Waals surface area contributed by atoms with Crippen molar-refractivity contribution in [3.8, 4) is 11.1 Å². The number of benzene rings is 1. The lowest BCUT2D eigenvalue weighted by atomic mass is 9.93. The second kappa shape index (κ2) is 10.6. The average Bonchev–Trinajstić information content (AvgIpc) is 2.77. The Balaban J connectivity index is 1.79. The van der Waals surface area contributed by atoms with Crippen LogP contribution < -0.4 is 5.32 Å². The van der Waals surface area contributed by atoms with Gasteiger partial charge >= 0.3 is 0 Å². The fourth-order valence-corrected chi connectivity index (χ4v) is 6.21. The number of rotatable bonds is 7. The van der Waals surface area contributed by atoms with Gasteiger partial charge in [0.05, 0.1) is 0 Å². The van der Waals surface area contributed by atoms with Gasteiger partial charge in [0.15, 0.2) is 20.5 Å². The summed E-state index contributed by atoms with van der Waals surface area (Å²) in [5.41, 5.74) is -1.52. The molecule has 1 aliphatic rings. The van der Waals surface area contributed by atoms with E-state index in [0.29, 0.717) is 20.6 Å². The number of nitrogens with zero attached hydrogens (tertiary/aromatic N) is 2. The summed E-state index contributed by atoms with van der Waals surface area (Å²) in [6, 6.07) is 7.64. The normalized spacial score (nSPS) is 17.9. The molecular formula is C22H24BrClFN3O5S2. The Kier molecular flexibility index (Phi) is 8.42. The predicted octanol–water partition coefficient (Wildman–Crippen LogP) is 3.72. The van der Waals surface area contributed by atoms with Gasteiger partial charge in [-0.05, 0) is 35.0 Å². The van der Waals surface area contributed by atoms with Crippen LogP contribution in [0.3, 0.4) is 0 Å². The van der Waals surface area contributed by atoms with Crippen LogP contribution in [0, 0.1) is 0 Å². The minimum atomic E-state index is -4.13. The molecule has 1 saturated heterocycles. The molecule has 190 valence electrons. The molecule has 0 spiro atoms. The highest BCUT2D eigenvalue weighted by Gasteiger charge is 2.45. The van der Waals surface area contributed by atoms with Gasteiger partial charge in [-0.15, -0.1) is 0 Å². The van der Waals surface area contributed by atoms with E-state index in [9.17, 15) is 21.6 Å². The van der Waals surface area contributed by atoms with E-state index in [1.807, 2.05) is 0 Å². The molecule has 1 amide bonds. The summed E-state index contributed by atoms with van der Waals surface area (Å²) in [6.45, 7) is 1.04. The van der Waals surface area contributed by atoms with Crippen LogP contribution >= 0.6 is 27.5 Å². The van der Waals surface area contributed by atoms with E-state index in [1.165, 1.54) is 19.2 Å². The van der Waals surface area contributed by atoms with E-state index < -0.39 is 37.5 Å². The van der Waals surface area contributed by atoms with Gasteiger partial charge in [0.1, 0.15) is 0 Å². The van der Waals surface area contributed by atoms with Crippen LogP contribution in [0.5, 0.6) is 0 Å². The molecule has 0 aliphatic carbocycles. The van der Waals surface area contributed by atoms with Gasteiger partial charge in [-0.3, -0.25) is 4.79 Å². The summed E-state index contributed by atoms with van der Waals surface area (Å²) in [5.74, 6) is -0.918. The first-order valence-electron chi connectivity index (χ1n) is 10.5. The number of aromatic nitrogens is 1. The van der Waals surface area contributed by atoms with Gasteiger partial charge in [-0.2, -0.15) is 4.31 Å². The molecular weight excluding hydrogens is 585 g/mol. The third kappa shape index (κ3) is 6.67. The van der Waals surface area contributed by atoms with Crippen LogP contribution in [0.15, 0.2) is 57.5 Å². The number of hydrogen-bond acceptors (Lipinski definition) is 6.